The van der Waals surface area contributed by atoms with Crippen LogP contribution in [0.2, 0.25) is 5.79 Å². The molecule has 0 saturated carbocycles. The van der Waals surface area contributed by atoms with Gasteiger partial charge in [-0.3, -0.25) is 0 Å². The molecule has 0 spiro atoms. The van der Waals surface area contributed by atoms with Crippen LogP contribution in [0.5, 0.6) is 0 Å². The molecule has 0 N–H and O–H groups in total. The summed E-state index contributed by atoms with van der Waals surface area (Å²) in [4.78, 5) is 0.191. The van der Waals surface area contributed by atoms with Gasteiger partial charge in [-0.05, 0) is 25.2 Å². The minimum atomic E-state index is -1.93. The van der Waals surface area contributed by atoms with Gasteiger partial charge in [0.15, 0.2) is 0 Å². The molecular weight excluding hydrogens is 230 g/mol. The molecule has 0 amide bonds. The molecule has 1 fully saturated rings. The van der Waals surface area contributed by atoms with Gasteiger partial charge in [0.2, 0.25) is 0 Å². The molecule has 2 unspecified atom stereocenters. The van der Waals surface area contributed by atoms with Crippen molar-refractivity contribution >= 4 is 43.3 Å². The molecule has 0 aliphatic carbocycles. The molecule has 0 bridgehead atoms. The Morgan fingerprint density at radius 1 is 1.43 bits per heavy atom. The molecule has 1 aliphatic heterocycles. The monoisotopic (exact) mass is 248 g/mol. The standard InChI is InChI=1S/C7H12O3S.CH3.2Al.3H/c1-7(2)5-6(11(8)9)3-4-10-7;;;;;;/h4,6H,3,5H2,1-2H3;1H3;;;;;/q-1;;;+1;;;. The summed E-state index contributed by atoms with van der Waals surface area (Å²) < 4.78 is 27.1. The first-order valence-electron chi connectivity index (χ1n) is 4.87. The van der Waals surface area contributed by atoms with Gasteiger partial charge in [-0.15, -0.1) is 0 Å². The molecule has 1 heterocycles. The van der Waals surface area contributed by atoms with E-state index in [4.69, 9.17) is 4.74 Å². The molecule has 0 radical (unpaired) electrons. The van der Waals surface area contributed by atoms with Crippen molar-refractivity contribution in [2.45, 2.75) is 48.3 Å². The molecule has 1 saturated heterocycles. The Hall–Kier alpha value is 0.975. The van der Waals surface area contributed by atoms with E-state index < -0.39 is 10.7 Å². The molecule has 0 aromatic heterocycles. The van der Waals surface area contributed by atoms with E-state index in [9.17, 15) is 8.42 Å². The first-order chi connectivity index (χ1) is 6.41. The van der Waals surface area contributed by atoms with E-state index in [0.29, 0.717) is 12.8 Å². The first-order valence-corrected chi connectivity index (χ1v) is 8.58. The van der Waals surface area contributed by atoms with Gasteiger partial charge in [-0.1, -0.05) is 22.4 Å². The van der Waals surface area contributed by atoms with Crippen LogP contribution in [0.25, 0.3) is 0 Å². The topological polar surface area (TPSA) is 43.4 Å². The van der Waals surface area contributed by atoms with E-state index in [1.54, 1.807) is 0 Å². The maximum absolute atomic E-state index is 10.7. The molecule has 1 rings (SSSR count). The molecule has 2 atom stereocenters. The van der Waals surface area contributed by atoms with Crippen LogP contribution in [-0.4, -0.2) is 48.4 Å². The first kappa shape index (κ1) is 15.0. The Morgan fingerprint density at radius 2 is 1.93 bits per heavy atom. The zero-order valence-corrected chi connectivity index (χ0v) is 13.6. The van der Waals surface area contributed by atoms with Crippen molar-refractivity contribution in [2.24, 2.45) is 0 Å². The average molecular weight is 248 g/mol. The summed E-state index contributed by atoms with van der Waals surface area (Å²) in [6, 6.07) is 0. The third kappa shape index (κ3) is 5.17. The van der Waals surface area contributed by atoms with Gasteiger partial charge in [-0.25, -0.2) is 0 Å². The zero-order valence-electron chi connectivity index (χ0n) is 9.41. The third-order valence-electron chi connectivity index (χ3n) is 2.11. The van der Waals surface area contributed by atoms with Crippen molar-refractivity contribution in [3.05, 3.63) is 0 Å². The Morgan fingerprint density at radius 3 is 2.29 bits per heavy atom. The summed E-state index contributed by atoms with van der Waals surface area (Å²) in [7, 11) is -1.93. The summed E-state index contributed by atoms with van der Waals surface area (Å²) in [5.41, 5.74) is -0.255. The van der Waals surface area contributed by atoms with Gasteiger partial charge in [0, 0.05) is 0 Å². The fourth-order valence-electron chi connectivity index (χ4n) is 1.79. The summed E-state index contributed by atoms with van der Waals surface area (Å²) in [5, 5.41) is -0.198. The van der Waals surface area contributed by atoms with Crippen LogP contribution in [0.1, 0.15) is 26.7 Å². The van der Waals surface area contributed by atoms with Gasteiger partial charge < -0.3 is 13.2 Å². The Labute approximate surface area is 104 Å². The molecule has 0 aromatic rings. The minimum absolute atomic E-state index is 0.191. The van der Waals surface area contributed by atoms with E-state index in [1.807, 2.05) is 35.9 Å². The van der Waals surface area contributed by atoms with Crippen LogP contribution >= 0.6 is 0 Å². The predicted octanol–water partition coefficient (Wildman–Crippen LogP) is 0.148. The average Bonchev–Trinajstić information content (AvgIpc) is 2.04. The number of hydrogen-bond donors (Lipinski definition) is 0. The van der Waals surface area contributed by atoms with Crippen molar-refractivity contribution in [1.29, 1.82) is 0 Å². The fraction of sp³-hybridized carbons (Fsp3) is 1.00. The second kappa shape index (κ2) is 6.53. The second-order valence-corrected chi connectivity index (χ2v) is 6.49. The van der Waals surface area contributed by atoms with Crippen molar-refractivity contribution in [3.8, 4) is 0 Å². The molecule has 0 aromatic carbocycles. The quantitative estimate of drug-likeness (QED) is 0.490. The Balaban J connectivity index is 0.000000791. The zero-order chi connectivity index (χ0) is 11.4. The Kier molecular flexibility index (Phi) is 6.99. The van der Waals surface area contributed by atoms with Crippen LogP contribution < -0.4 is 0 Å². The SMILES string of the molecule is CC1(C)CC([S-](=O)=O)C[CH]([AlH2])O1.[CH3][AlH+]. The van der Waals surface area contributed by atoms with E-state index in [2.05, 4.69) is 0 Å². The molecule has 80 valence electrons. The molecule has 14 heavy (non-hydrogen) atoms. The second-order valence-electron chi connectivity index (χ2n) is 4.01. The van der Waals surface area contributed by atoms with E-state index in [1.165, 1.54) is 0 Å². The van der Waals surface area contributed by atoms with Crippen LogP contribution in [0, 0.1) is 0 Å². The van der Waals surface area contributed by atoms with E-state index >= 15 is 0 Å². The van der Waals surface area contributed by atoms with Crippen LogP contribution in [0.3, 0.4) is 0 Å². The van der Waals surface area contributed by atoms with Crippen molar-refractivity contribution in [1.82, 2.24) is 0 Å². The normalized spacial score (nSPS) is 30.5. The van der Waals surface area contributed by atoms with Gasteiger partial charge in [-0.2, -0.15) is 0 Å². The fourth-order valence-corrected chi connectivity index (χ4v) is 4.30. The molecular formula is C8H18Al2O3S. The molecule has 3 nitrogen and oxygen atoms in total. The number of rotatable bonds is 1. The number of hydrogen-bond acceptors (Lipinski definition) is 4. The van der Waals surface area contributed by atoms with Crippen molar-refractivity contribution < 1.29 is 13.2 Å². The van der Waals surface area contributed by atoms with Gasteiger partial charge in [0.25, 0.3) is 16.3 Å². The summed E-state index contributed by atoms with van der Waals surface area (Å²) in [5.74, 6) is 2.03. The van der Waals surface area contributed by atoms with Gasteiger partial charge >= 0.3 is 22.1 Å². The van der Waals surface area contributed by atoms with Crippen LogP contribution in [0.4, 0.5) is 0 Å². The molecule has 6 heteroatoms. The summed E-state index contributed by atoms with van der Waals surface area (Å²) in [6.07, 6.45) is 1.31. The summed E-state index contributed by atoms with van der Waals surface area (Å²) in [6.45, 7) is 3.91. The van der Waals surface area contributed by atoms with E-state index in [0.717, 1.165) is 16.3 Å². The van der Waals surface area contributed by atoms with Crippen molar-refractivity contribution in [2.75, 3.05) is 0 Å². The van der Waals surface area contributed by atoms with Crippen molar-refractivity contribution in [3.63, 3.8) is 0 Å². The third-order valence-corrected chi connectivity index (χ3v) is 3.72. The van der Waals surface area contributed by atoms with E-state index in [-0.39, 0.29) is 15.8 Å². The Bertz CT molecular complexity index is 233. The maximum atomic E-state index is 10.7. The summed E-state index contributed by atoms with van der Waals surface area (Å²) >= 11 is 2.77. The predicted molar refractivity (Wildman–Crippen MR) is 62.3 cm³/mol. The number of ether oxygens (including phenoxy) is 1. The van der Waals surface area contributed by atoms with Gasteiger partial charge in [0.05, 0.1) is 5.60 Å². The molecule has 1 aliphatic rings. The van der Waals surface area contributed by atoms with Crippen LogP contribution in [-0.2, 0) is 23.9 Å². The van der Waals surface area contributed by atoms with Crippen LogP contribution in [0.15, 0.2) is 0 Å². The van der Waals surface area contributed by atoms with Gasteiger partial charge in [0.1, 0.15) is 0 Å².